The number of rotatable bonds is 7. The smallest absolute Gasteiger partial charge is 0.229 e. The number of carbonyl (C=O) groups excluding carboxylic acids is 1. The van der Waals surface area contributed by atoms with Crippen LogP contribution in [0, 0.1) is 0 Å². The van der Waals surface area contributed by atoms with E-state index >= 15 is 0 Å². The lowest BCUT2D eigenvalue weighted by Crippen LogP contribution is -2.24. The first kappa shape index (κ1) is 20.1. The van der Waals surface area contributed by atoms with E-state index in [0.29, 0.717) is 24.7 Å². The van der Waals surface area contributed by atoms with E-state index < -0.39 is 0 Å². The maximum atomic E-state index is 12.2. The summed E-state index contributed by atoms with van der Waals surface area (Å²) in [5.41, 5.74) is 4.33. The fourth-order valence-electron chi connectivity index (χ4n) is 3.42. The Labute approximate surface area is 189 Å². The van der Waals surface area contributed by atoms with Crippen LogP contribution in [0.15, 0.2) is 83.3 Å². The summed E-state index contributed by atoms with van der Waals surface area (Å²) in [7, 11) is 0. The number of fused-ring (bicyclic) bond motifs is 1. The summed E-state index contributed by atoms with van der Waals surface area (Å²) in [4.78, 5) is 16.9. The van der Waals surface area contributed by atoms with Crippen LogP contribution in [0.4, 0.5) is 0 Å². The van der Waals surface area contributed by atoms with E-state index in [1.54, 1.807) is 11.3 Å². The van der Waals surface area contributed by atoms with Crippen molar-refractivity contribution in [3.63, 3.8) is 0 Å². The van der Waals surface area contributed by atoms with Crippen LogP contribution in [0.2, 0.25) is 0 Å². The zero-order valence-corrected chi connectivity index (χ0v) is 18.0. The number of carbonyl (C=O) groups is 1. The average Bonchev–Trinajstić information content (AvgIpc) is 3.44. The van der Waals surface area contributed by atoms with Crippen molar-refractivity contribution in [1.29, 1.82) is 0 Å². The van der Waals surface area contributed by atoms with Crippen LogP contribution >= 0.6 is 11.3 Å². The van der Waals surface area contributed by atoms with Gasteiger partial charge in [0.05, 0.1) is 16.6 Å². The van der Waals surface area contributed by atoms with Crippen LogP contribution in [0.3, 0.4) is 0 Å². The fourth-order valence-corrected chi connectivity index (χ4v) is 4.41. The molecule has 0 radical (unpaired) electrons. The lowest BCUT2D eigenvalue weighted by atomic mass is 10.1. The quantitative estimate of drug-likeness (QED) is 0.393. The lowest BCUT2D eigenvalue weighted by Gasteiger charge is -2.03. The van der Waals surface area contributed by atoms with E-state index in [1.165, 1.54) is 5.56 Å². The van der Waals surface area contributed by atoms with Crippen LogP contribution in [-0.4, -0.2) is 21.1 Å². The molecule has 3 aromatic carbocycles. The molecule has 158 valence electrons. The summed E-state index contributed by atoms with van der Waals surface area (Å²) in [5, 5.41) is 11.9. The van der Waals surface area contributed by atoms with Gasteiger partial charge in [0.2, 0.25) is 17.7 Å². The van der Waals surface area contributed by atoms with Gasteiger partial charge in [0.25, 0.3) is 0 Å². The summed E-state index contributed by atoms with van der Waals surface area (Å²) in [5.74, 6) is 0.605. The maximum Gasteiger partial charge on any atom is 0.229 e. The van der Waals surface area contributed by atoms with Crippen molar-refractivity contribution >= 4 is 27.5 Å². The molecule has 6 nitrogen and oxygen atoms in total. The van der Waals surface area contributed by atoms with Crippen LogP contribution < -0.4 is 5.32 Å². The van der Waals surface area contributed by atoms with Crippen molar-refractivity contribution in [3.8, 4) is 11.1 Å². The van der Waals surface area contributed by atoms with Gasteiger partial charge in [-0.25, -0.2) is 4.98 Å². The number of hydrogen-bond acceptors (Lipinski definition) is 6. The molecule has 0 unspecified atom stereocenters. The molecule has 0 spiro atoms. The van der Waals surface area contributed by atoms with E-state index in [4.69, 9.17) is 4.42 Å². The number of nitrogens with zero attached hydrogens (tertiary/aromatic N) is 3. The lowest BCUT2D eigenvalue weighted by molar-refractivity contribution is -0.120. The molecule has 1 amide bonds. The van der Waals surface area contributed by atoms with Gasteiger partial charge >= 0.3 is 0 Å². The van der Waals surface area contributed by atoms with Crippen molar-refractivity contribution in [3.05, 3.63) is 101 Å². The van der Waals surface area contributed by atoms with E-state index in [1.807, 2.05) is 54.6 Å². The van der Waals surface area contributed by atoms with Crippen molar-refractivity contribution in [2.24, 2.45) is 0 Å². The number of amides is 1. The molecule has 2 heterocycles. The Morgan fingerprint density at radius 2 is 1.62 bits per heavy atom. The third-order valence-electron chi connectivity index (χ3n) is 5.00. The third-order valence-corrected chi connectivity index (χ3v) is 6.01. The summed E-state index contributed by atoms with van der Waals surface area (Å²) < 4.78 is 6.80. The molecule has 5 rings (SSSR count). The van der Waals surface area contributed by atoms with Crippen LogP contribution in [0.5, 0.6) is 0 Å². The molecule has 0 saturated carbocycles. The Hall–Kier alpha value is -3.84. The predicted octanol–water partition coefficient (Wildman–Crippen LogP) is 4.80. The standard InChI is InChI=1S/C25H20N4O2S/c30-22(26-16-17-7-3-1-4-8-17)14-23-28-29-24(31-23)15-25-27-20-12-11-19(13-21(20)32-25)18-9-5-2-6-10-18/h1-13H,14-16H2,(H,26,30). The van der Waals surface area contributed by atoms with Gasteiger partial charge in [-0.15, -0.1) is 21.5 Å². The van der Waals surface area contributed by atoms with E-state index in [-0.39, 0.29) is 12.3 Å². The summed E-state index contributed by atoms with van der Waals surface area (Å²) in [6.45, 7) is 0.470. The molecule has 0 aliphatic rings. The van der Waals surface area contributed by atoms with Gasteiger partial charge in [0.15, 0.2) is 0 Å². The summed E-state index contributed by atoms with van der Waals surface area (Å²) in [6, 6.07) is 26.3. The fraction of sp³-hybridized carbons (Fsp3) is 0.120. The molecule has 2 aromatic heterocycles. The Balaban J connectivity index is 1.22. The molecule has 0 atom stereocenters. The van der Waals surface area contributed by atoms with Crippen molar-refractivity contribution in [1.82, 2.24) is 20.5 Å². The molecule has 1 N–H and O–H groups in total. The SMILES string of the molecule is O=C(Cc1nnc(Cc2nc3ccc(-c4ccccc4)cc3s2)o1)NCc1ccccc1. The normalized spacial score (nSPS) is 11.0. The van der Waals surface area contributed by atoms with Crippen molar-refractivity contribution < 1.29 is 9.21 Å². The zero-order valence-electron chi connectivity index (χ0n) is 17.2. The topological polar surface area (TPSA) is 80.9 Å². The van der Waals surface area contributed by atoms with Crippen molar-refractivity contribution in [2.45, 2.75) is 19.4 Å². The Kier molecular flexibility index (Phi) is 5.72. The van der Waals surface area contributed by atoms with Gasteiger partial charge in [-0.1, -0.05) is 66.7 Å². The highest BCUT2D eigenvalue weighted by Gasteiger charge is 2.14. The van der Waals surface area contributed by atoms with Crippen molar-refractivity contribution in [2.75, 3.05) is 0 Å². The first-order valence-electron chi connectivity index (χ1n) is 10.3. The first-order chi connectivity index (χ1) is 15.7. The molecular formula is C25H20N4O2S. The van der Waals surface area contributed by atoms with Gasteiger partial charge in [-0.05, 0) is 28.8 Å². The van der Waals surface area contributed by atoms with E-state index in [0.717, 1.165) is 26.4 Å². The number of nitrogens with one attached hydrogen (secondary N) is 1. The highest BCUT2D eigenvalue weighted by Crippen LogP contribution is 2.29. The van der Waals surface area contributed by atoms with Gasteiger partial charge in [0, 0.05) is 6.54 Å². The number of aromatic nitrogens is 3. The zero-order chi connectivity index (χ0) is 21.8. The minimum Gasteiger partial charge on any atom is -0.424 e. The molecule has 32 heavy (non-hydrogen) atoms. The molecule has 0 bridgehead atoms. The largest absolute Gasteiger partial charge is 0.424 e. The van der Waals surface area contributed by atoms with Crippen LogP contribution in [0.1, 0.15) is 22.4 Å². The second-order valence-electron chi connectivity index (χ2n) is 7.36. The predicted molar refractivity (Wildman–Crippen MR) is 124 cm³/mol. The van der Waals surface area contributed by atoms with Gasteiger partial charge in [0.1, 0.15) is 11.4 Å². The molecule has 0 fully saturated rings. The summed E-state index contributed by atoms with van der Waals surface area (Å²) >= 11 is 1.61. The Morgan fingerprint density at radius 1 is 0.875 bits per heavy atom. The van der Waals surface area contributed by atoms with Crippen LogP contribution in [-0.2, 0) is 24.2 Å². The Bertz CT molecular complexity index is 1350. The molecular weight excluding hydrogens is 420 g/mol. The summed E-state index contributed by atoms with van der Waals surface area (Å²) in [6.07, 6.45) is 0.499. The molecule has 0 aliphatic carbocycles. The van der Waals surface area contributed by atoms with Gasteiger partial charge < -0.3 is 9.73 Å². The molecule has 7 heteroatoms. The van der Waals surface area contributed by atoms with Gasteiger partial charge in [-0.3, -0.25) is 4.79 Å². The first-order valence-corrected chi connectivity index (χ1v) is 11.1. The molecule has 0 aliphatic heterocycles. The van der Waals surface area contributed by atoms with E-state index in [9.17, 15) is 4.79 Å². The van der Waals surface area contributed by atoms with E-state index in [2.05, 4.69) is 44.8 Å². The minimum absolute atomic E-state index is 0.0557. The Morgan fingerprint density at radius 3 is 2.44 bits per heavy atom. The molecule has 0 saturated heterocycles. The highest BCUT2D eigenvalue weighted by molar-refractivity contribution is 7.18. The number of hydrogen-bond donors (Lipinski definition) is 1. The second kappa shape index (κ2) is 9.11. The minimum atomic E-state index is -0.155. The average molecular weight is 441 g/mol. The highest BCUT2D eigenvalue weighted by atomic mass is 32.1. The number of benzene rings is 3. The third kappa shape index (κ3) is 4.73. The van der Waals surface area contributed by atoms with Gasteiger partial charge in [-0.2, -0.15) is 0 Å². The van der Waals surface area contributed by atoms with Crippen LogP contribution in [0.25, 0.3) is 21.3 Å². The monoisotopic (exact) mass is 440 g/mol. The number of thiazole rings is 1. The molecule has 5 aromatic rings. The second-order valence-corrected chi connectivity index (χ2v) is 8.48. The maximum absolute atomic E-state index is 12.2.